The molecule has 0 amide bonds. The van der Waals surface area contributed by atoms with Gasteiger partial charge in [0.15, 0.2) is 0 Å². The van der Waals surface area contributed by atoms with Gasteiger partial charge in [-0.1, -0.05) is 0 Å². The van der Waals surface area contributed by atoms with Crippen molar-refractivity contribution < 1.29 is 10.0 Å². The number of benzene rings is 1. The molecule has 0 spiro atoms. The van der Waals surface area contributed by atoms with Crippen LogP contribution in [0, 0.1) is 21.4 Å². The lowest BCUT2D eigenvalue weighted by Gasteiger charge is -2.29. The molecule has 1 aliphatic heterocycles. The van der Waals surface area contributed by atoms with Crippen LogP contribution in [0.25, 0.3) is 5.70 Å². The van der Waals surface area contributed by atoms with Crippen molar-refractivity contribution >= 4 is 11.4 Å². The molecule has 2 unspecified atom stereocenters. The summed E-state index contributed by atoms with van der Waals surface area (Å²) in [5.41, 5.74) is 1.58. The molecule has 1 fully saturated rings. The Labute approximate surface area is 129 Å². The van der Waals surface area contributed by atoms with E-state index < -0.39 is 11.0 Å². The van der Waals surface area contributed by atoms with E-state index >= 15 is 0 Å². The van der Waals surface area contributed by atoms with Crippen molar-refractivity contribution in [2.45, 2.75) is 38.3 Å². The van der Waals surface area contributed by atoms with Crippen LogP contribution in [0.1, 0.15) is 31.7 Å². The van der Waals surface area contributed by atoms with Gasteiger partial charge in [-0.25, -0.2) is 0 Å². The fraction of sp³-hybridized carbons (Fsp3) is 0.438. The first-order chi connectivity index (χ1) is 10.5. The van der Waals surface area contributed by atoms with Crippen LogP contribution in [0.5, 0.6) is 0 Å². The summed E-state index contributed by atoms with van der Waals surface area (Å²) in [6, 6.07) is 8.46. The van der Waals surface area contributed by atoms with Crippen LogP contribution in [0.2, 0.25) is 0 Å². The van der Waals surface area contributed by atoms with Crippen LogP contribution in [-0.4, -0.2) is 33.6 Å². The molecule has 1 aromatic rings. The molecular weight excluding hydrogens is 282 g/mol. The zero-order valence-electron chi connectivity index (χ0n) is 12.5. The first kappa shape index (κ1) is 16.0. The molecule has 1 saturated heterocycles. The number of hydrogen-bond acceptors (Lipinski definition) is 5. The fourth-order valence-corrected chi connectivity index (χ4v) is 2.94. The summed E-state index contributed by atoms with van der Waals surface area (Å²) in [6.45, 7) is 2.58. The summed E-state index contributed by atoms with van der Waals surface area (Å²) in [6.07, 6.45) is 3.70. The third-order valence-corrected chi connectivity index (χ3v) is 3.87. The van der Waals surface area contributed by atoms with Gasteiger partial charge >= 0.3 is 0 Å². The Kier molecular flexibility index (Phi) is 5.12. The Balaban J connectivity index is 2.28. The van der Waals surface area contributed by atoms with E-state index in [0.717, 1.165) is 30.6 Å². The predicted octanol–water partition coefficient (Wildman–Crippen LogP) is 2.69. The molecule has 116 valence electrons. The molecule has 0 saturated carbocycles. The van der Waals surface area contributed by atoms with E-state index in [9.17, 15) is 15.2 Å². The molecule has 6 nitrogen and oxygen atoms in total. The minimum atomic E-state index is -0.441. The summed E-state index contributed by atoms with van der Waals surface area (Å²) in [5, 5.41) is 29.4. The molecular formula is C16H19N3O3. The highest BCUT2D eigenvalue weighted by atomic mass is 16.6. The SMILES string of the molecule is CC(O)CC1CCCN1/C(=C/C#N)c1ccc([N+](=O)[O-])cc1. The topological polar surface area (TPSA) is 90.4 Å². The number of nitro groups is 1. The maximum Gasteiger partial charge on any atom is 0.269 e. The van der Waals surface area contributed by atoms with Gasteiger partial charge in [0.1, 0.15) is 0 Å². The number of non-ortho nitro benzene ring substituents is 1. The highest BCUT2D eigenvalue weighted by molar-refractivity contribution is 5.67. The van der Waals surface area contributed by atoms with Gasteiger partial charge in [-0.05, 0) is 43.9 Å². The summed E-state index contributed by atoms with van der Waals surface area (Å²) in [5.74, 6) is 0. The Morgan fingerprint density at radius 1 is 1.59 bits per heavy atom. The molecule has 1 aliphatic rings. The van der Waals surface area contributed by atoms with Gasteiger partial charge in [0.05, 0.1) is 22.8 Å². The Morgan fingerprint density at radius 3 is 2.82 bits per heavy atom. The lowest BCUT2D eigenvalue weighted by Crippen LogP contribution is -2.30. The second kappa shape index (κ2) is 7.05. The van der Waals surface area contributed by atoms with Crippen LogP contribution in [-0.2, 0) is 0 Å². The smallest absolute Gasteiger partial charge is 0.269 e. The Morgan fingerprint density at radius 2 is 2.27 bits per heavy atom. The lowest BCUT2D eigenvalue weighted by atomic mass is 10.0. The van der Waals surface area contributed by atoms with Crippen molar-refractivity contribution in [1.82, 2.24) is 4.90 Å². The molecule has 2 rings (SSSR count). The molecule has 0 bridgehead atoms. The third-order valence-electron chi connectivity index (χ3n) is 3.87. The number of nitriles is 1. The second-order valence-electron chi connectivity index (χ2n) is 5.54. The van der Waals surface area contributed by atoms with Crippen molar-refractivity contribution in [3.05, 3.63) is 46.0 Å². The van der Waals surface area contributed by atoms with E-state index in [0.29, 0.717) is 6.42 Å². The highest BCUT2D eigenvalue weighted by Gasteiger charge is 2.28. The number of aliphatic hydroxyl groups is 1. The van der Waals surface area contributed by atoms with E-state index in [1.165, 1.54) is 18.2 Å². The van der Waals surface area contributed by atoms with E-state index in [1.54, 1.807) is 19.1 Å². The minimum Gasteiger partial charge on any atom is -0.393 e. The first-order valence-electron chi connectivity index (χ1n) is 7.32. The number of rotatable bonds is 5. The average Bonchev–Trinajstić information content (AvgIpc) is 2.92. The summed E-state index contributed by atoms with van der Waals surface area (Å²) >= 11 is 0. The number of hydrogen-bond donors (Lipinski definition) is 1. The minimum absolute atomic E-state index is 0.0296. The number of aliphatic hydroxyl groups excluding tert-OH is 1. The van der Waals surface area contributed by atoms with Crippen LogP contribution < -0.4 is 0 Å². The predicted molar refractivity (Wildman–Crippen MR) is 82.7 cm³/mol. The largest absolute Gasteiger partial charge is 0.393 e. The summed E-state index contributed by atoms with van der Waals surface area (Å²) in [4.78, 5) is 12.4. The van der Waals surface area contributed by atoms with E-state index in [2.05, 4.69) is 11.0 Å². The van der Waals surface area contributed by atoms with Gasteiger partial charge in [0.2, 0.25) is 0 Å². The van der Waals surface area contributed by atoms with Gasteiger partial charge in [-0.3, -0.25) is 10.1 Å². The van der Waals surface area contributed by atoms with Gasteiger partial charge in [0, 0.05) is 30.8 Å². The Hall–Kier alpha value is -2.39. The van der Waals surface area contributed by atoms with Gasteiger partial charge in [-0.2, -0.15) is 5.26 Å². The molecule has 2 atom stereocenters. The zero-order valence-corrected chi connectivity index (χ0v) is 12.5. The van der Waals surface area contributed by atoms with Crippen LogP contribution in [0.3, 0.4) is 0 Å². The molecule has 1 aromatic carbocycles. The quantitative estimate of drug-likeness (QED) is 0.513. The molecule has 6 heteroatoms. The lowest BCUT2D eigenvalue weighted by molar-refractivity contribution is -0.384. The van der Waals surface area contributed by atoms with Gasteiger partial charge in [0.25, 0.3) is 5.69 Å². The van der Waals surface area contributed by atoms with Crippen LogP contribution in [0.4, 0.5) is 5.69 Å². The molecule has 0 aromatic heterocycles. The van der Waals surface area contributed by atoms with Crippen molar-refractivity contribution in [2.75, 3.05) is 6.54 Å². The van der Waals surface area contributed by atoms with Gasteiger partial charge < -0.3 is 10.0 Å². The normalized spacial score (nSPS) is 19.8. The number of nitro benzene ring substituents is 1. The molecule has 22 heavy (non-hydrogen) atoms. The maximum absolute atomic E-state index is 10.7. The molecule has 1 N–H and O–H groups in total. The van der Waals surface area contributed by atoms with Crippen molar-refractivity contribution in [1.29, 1.82) is 5.26 Å². The van der Waals surface area contributed by atoms with Crippen molar-refractivity contribution in [3.63, 3.8) is 0 Å². The highest BCUT2D eigenvalue weighted by Crippen LogP contribution is 2.31. The third kappa shape index (κ3) is 3.62. The first-order valence-corrected chi connectivity index (χ1v) is 7.32. The monoisotopic (exact) mass is 301 g/mol. The van der Waals surface area contributed by atoms with Crippen molar-refractivity contribution in [2.24, 2.45) is 0 Å². The van der Waals surface area contributed by atoms with E-state index in [-0.39, 0.29) is 11.7 Å². The maximum atomic E-state index is 10.7. The zero-order chi connectivity index (χ0) is 16.1. The number of nitrogens with zero attached hydrogens (tertiary/aromatic N) is 3. The number of likely N-dealkylation sites (tertiary alicyclic amines) is 1. The summed E-state index contributed by atoms with van der Waals surface area (Å²) in [7, 11) is 0. The van der Waals surface area contributed by atoms with E-state index in [1.807, 2.05) is 0 Å². The average molecular weight is 301 g/mol. The number of allylic oxidation sites excluding steroid dienone is 1. The van der Waals surface area contributed by atoms with Crippen LogP contribution in [0.15, 0.2) is 30.3 Å². The standard InChI is InChI=1S/C16H19N3O3/c1-12(20)11-15-3-2-10-18(15)16(8-9-17)13-4-6-14(7-5-13)19(21)22/h4-8,12,15,20H,2-3,10-11H2,1H3/b16-8+. The molecule has 0 aliphatic carbocycles. The molecule has 0 radical (unpaired) electrons. The molecule has 1 heterocycles. The van der Waals surface area contributed by atoms with Gasteiger partial charge in [-0.15, -0.1) is 0 Å². The second-order valence-corrected chi connectivity index (χ2v) is 5.54. The fourth-order valence-electron chi connectivity index (χ4n) is 2.94. The Bertz CT molecular complexity index is 602. The summed E-state index contributed by atoms with van der Waals surface area (Å²) < 4.78 is 0. The van der Waals surface area contributed by atoms with E-state index in [4.69, 9.17) is 5.26 Å². The van der Waals surface area contributed by atoms with Crippen LogP contribution >= 0.6 is 0 Å². The van der Waals surface area contributed by atoms with Crippen molar-refractivity contribution in [3.8, 4) is 6.07 Å².